The standard InChI is InChI=1S/C41H65NO7/c1-24(2)22-30(35(45)47-11)42-36(46)41-19-14-28(25(3)23-48-26(4)43)34(41)29-12-13-32-38(8)17-16-33(49-27(5)44)37(6,7)31(38)15-18-40(32,10)39(29,9)20-21-41/h24,28-34H,3,12-23H2,1-2,4-11H3,(H,42,46)/t28-,29+,30-,31-,32?,33-,34+,38-,39+,40+,41-/m0/s1. The summed E-state index contributed by atoms with van der Waals surface area (Å²) in [6.07, 6.45) is 10.1. The Kier molecular flexibility index (Phi) is 10.3. The molecule has 0 aromatic carbocycles. The molecule has 1 amide bonds. The van der Waals surface area contributed by atoms with Gasteiger partial charge in [-0.1, -0.05) is 55.0 Å². The van der Waals surface area contributed by atoms with E-state index in [1.54, 1.807) is 0 Å². The van der Waals surface area contributed by atoms with E-state index in [2.05, 4.69) is 60.4 Å². The van der Waals surface area contributed by atoms with Gasteiger partial charge >= 0.3 is 17.9 Å². The number of fused-ring (bicyclic) bond motifs is 7. The highest BCUT2D eigenvalue weighted by molar-refractivity contribution is 5.89. The lowest BCUT2D eigenvalue weighted by Crippen LogP contribution is -2.67. The van der Waals surface area contributed by atoms with Crippen molar-refractivity contribution in [1.29, 1.82) is 0 Å². The van der Waals surface area contributed by atoms with Gasteiger partial charge in [-0.15, -0.1) is 0 Å². The third kappa shape index (κ3) is 6.07. The first-order chi connectivity index (χ1) is 22.8. The molecule has 1 N–H and O–H groups in total. The second-order valence-corrected chi connectivity index (χ2v) is 18.6. The third-order valence-corrected chi connectivity index (χ3v) is 15.6. The van der Waals surface area contributed by atoms with Crippen molar-refractivity contribution in [3.05, 3.63) is 12.2 Å². The van der Waals surface area contributed by atoms with Gasteiger partial charge in [0.1, 0.15) is 18.8 Å². The lowest BCUT2D eigenvalue weighted by Gasteiger charge is -2.72. The molecular formula is C41H65NO7. The summed E-state index contributed by atoms with van der Waals surface area (Å²) in [6, 6.07) is -0.682. The van der Waals surface area contributed by atoms with Gasteiger partial charge in [-0.3, -0.25) is 14.4 Å². The van der Waals surface area contributed by atoms with Crippen LogP contribution in [0.4, 0.5) is 0 Å². The topological polar surface area (TPSA) is 108 Å². The van der Waals surface area contributed by atoms with Crippen molar-refractivity contribution in [2.24, 2.45) is 62.6 Å². The van der Waals surface area contributed by atoms with Crippen LogP contribution >= 0.6 is 0 Å². The maximum atomic E-state index is 14.7. The van der Waals surface area contributed by atoms with Gasteiger partial charge in [0.05, 0.1) is 12.5 Å². The zero-order valence-electron chi connectivity index (χ0n) is 32.2. The predicted molar refractivity (Wildman–Crippen MR) is 189 cm³/mol. The maximum Gasteiger partial charge on any atom is 0.328 e. The Morgan fingerprint density at radius 1 is 0.816 bits per heavy atom. The molecular weight excluding hydrogens is 618 g/mol. The van der Waals surface area contributed by atoms with Crippen LogP contribution in [0.2, 0.25) is 0 Å². The zero-order valence-corrected chi connectivity index (χ0v) is 32.2. The van der Waals surface area contributed by atoms with Gasteiger partial charge in [0.15, 0.2) is 0 Å². The molecule has 5 rings (SSSR count). The number of amides is 1. The normalized spacial score (nSPS) is 41.2. The van der Waals surface area contributed by atoms with E-state index in [0.29, 0.717) is 24.2 Å². The summed E-state index contributed by atoms with van der Waals surface area (Å²) in [5, 5.41) is 3.22. The van der Waals surface area contributed by atoms with Crippen LogP contribution in [-0.2, 0) is 33.4 Å². The van der Waals surface area contributed by atoms with E-state index in [4.69, 9.17) is 14.2 Å². The molecule has 0 bridgehead atoms. The maximum absolute atomic E-state index is 14.7. The van der Waals surface area contributed by atoms with Gasteiger partial charge in [0.25, 0.3) is 0 Å². The predicted octanol–water partition coefficient (Wildman–Crippen LogP) is 7.82. The Bertz CT molecular complexity index is 1340. The molecule has 0 heterocycles. The first kappa shape index (κ1) is 37.9. The van der Waals surface area contributed by atoms with Gasteiger partial charge in [-0.05, 0) is 128 Å². The fourth-order valence-corrected chi connectivity index (χ4v) is 13.3. The number of methoxy groups -OCH3 is 1. The molecule has 0 aliphatic heterocycles. The van der Waals surface area contributed by atoms with Crippen molar-refractivity contribution in [3.8, 4) is 0 Å². The second kappa shape index (κ2) is 13.3. The number of nitrogens with one attached hydrogen (secondary N) is 1. The molecule has 5 saturated carbocycles. The van der Waals surface area contributed by atoms with Gasteiger partial charge in [-0.25, -0.2) is 4.79 Å². The van der Waals surface area contributed by atoms with Crippen LogP contribution in [0.5, 0.6) is 0 Å². The SMILES string of the molecule is C=C(COC(C)=O)[C@@H]1CC[C@]2(C(=O)N[C@@H](CC(C)C)C(=O)OC)CC[C@]3(C)[C@H](CCC4[C@@]5(C)CC[C@H](OC(C)=O)C(C)(C)[C@@H]5CC[C@]43C)[C@@H]12. The monoisotopic (exact) mass is 683 g/mol. The number of esters is 3. The number of carbonyl (C=O) groups is 4. The van der Waals surface area contributed by atoms with Crippen molar-refractivity contribution in [1.82, 2.24) is 5.32 Å². The van der Waals surface area contributed by atoms with Crippen molar-refractivity contribution in [2.75, 3.05) is 13.7 Å². The van der Waals surface area contributed by atoms with E-state index in [1.807, 2.05) is 0 Å². The number of hydrogen-bond donors (Lipinski definition) is 1. The summed E-state index contributed by atoms with van der Waals surface area (Å²) in [5.74, 6) is 0.675. The van der Waals surface area contributed by atoms with E-state index in [-0.39, 0.29) is 70.0 Å². The molecule has 49 heavy (non-hydrogen) atoms. The van der Waals surface area contributed by atoms with E-state index >= 15 is 0 Å². The average molecular weight is 684 g/mol. The van der Waals surface area contributed by atoms with Crippen LogP contribution in [0.1, 0.15) is 133 Å². The lowest BCUT2D eigenvalue weighted by molar-refractivity contribution is -0.249. The van der Waals surface area contributed by atoms with Gasteiger partial charge in [0, 0.05) is 19.3 Å². The molecule has 0 aromatic rings. The van der Waals surface area contributed by atoms with E-state index in [0.717, 1.165) is 69.8 Å². The Labute approximate surface area is 295 Å². The minimum atomic E-state index is -0.682. The quantitative estimate of drug-likeness (QED) is 0.150. The minimum Gasteiger partial charge on any atom is -0.467 e. The van der Waals surface area contributed by atoms with Gasteiger partial charge < -0.3 is 19.5 Å². The van der Waals surface area contributed by atoms with Gasteiger partial charge in [0.2, 0.25) is 5.91 Å². The molecule has 11 atom stereocenters. The molecule has 276 valence electrons. The molecule has 0 saturated heterocycles. The lowest BCUT2D eigenvalue weighted by atomic mass is 9.32. The minimum absolute atomic E-state index is 0.000788. The molecule has 5 aliphatic rings. The van der Waals surface area contributed by atoms with E-state index < -0.39 is 17.4 Å². The Balaban J connectivity index is 1.51. The largest absolute Gasteiger partial charge is 0.467 e. The van der Waals surface area contributed by atoms with E-state index in [1.165, 1.54) is 21.0 Å². The van der Waals surface area contributed by atoms with Crippen LogP contribution < -0.4 is 5.32 Å². The zero-order chi connectivity index (χ0) is 36.3. The summed E-state index contributed by atoms with van der Waals surface area (Å²) in [6.45, 7) is 24.0. The van der Waals surface area contributed by atoms with Crippen LogP contribution in [-0.4, -0.2) is 49.7 Å². The molecule has 1 unspecified atom stereocenters. The van der Waals surface area contributed by atoms with E-state index in [9.17, 15) is 19.2 Å². The summed E-state index contributed by atoms with van der Waals surface area (Å²) >= 11 is 0. The Hall–Kier alpha value is -2.38. The first-order valence-corrected chi connectivity index (χ1v) is 19.2. The molecule has 5 fully saturated rings. The highest BCUT2D eigenvalue weighted by Gasteiger charge is 2.72. The van der Waals surface area contributed by atoms with Crippen LogP contribution in [0, 0.1) is 62.6 Å². The first-order valence-electron chi connectivity index (χ1n) is 19.2. The molecule has 0 radical (unpaired) electrons. The fraction of sp³-hybridized carbons (Fsp3) is 0.854. The summed E-state index contributed by atoms with van der Waals surface area (Å²) in [4.78, 5) is 51.6. The van der Waals surface area contributed by atoms with Crippen molar-refractivity contribution in [2.45, 2.75) is 145 Å². The molecule has 8 nitrogen and oxygen atoms in total. The smallest absolute Gasteiger partial charge is 0.328 e. The van der Waals surface area contributed by atoms with Crippen LogP contribution in [0.25, 0.3) is 0 Å². The number of ether oxygens (including phenoxy) is 3. The molecule has 8 heteroatoms. The highest BCUT2D eigenvalue weighted by atomic mass is 16.5. The Morgan fingerprint density at radius 2 is 1.51 bits per heavy atom. The number of hydrogen-bond acceptors (Lipinski definition) is 7. The van der Waals surface area contributed by atoms with Crippen LogP contribution in [0.15, 0.2) is 12.2 Å². The summed E-state index contributed by atoms with van der Waals surface area (Å²) in [5.41, 5.74) is 0.384. The molecule has 0 aromatic heterocycles. The third-order valence-electron chi connectivity index (χ3n) is 15.6. The Morgan fingerprint density at radius 3 is 2.12 bits per heavy atom. The number of rotatable bonds is 9. The molecule has 0 spiro atoms. The van der Waals surface area contributed by atoms with Crippen molar-refractivity contribution < 1.29 is 33.4 Å². The van der Waals surface area contributed by atoms with Gasteiger partial charge in [-0.2, -0.15) is 0 Å². The van der Waals surface area contributed by atoms with Crippen molar-refractivity contribution >= 4 is 23.8 Å². The average Bonchev–Trinajstić information content (AvgIpc) is 3.41. The number of carbonyl (C=O) groups excluding carboxylic acids is 4. The highest BCUT2D eigenvalue weighted by Crippen LogP contribution is 2.77. The molecule has 5 aliphatic carbocycles. The fourth-order valence-electron chi connectivity index (χ4n) is 13.3. The summed E-state index contributed by atoms with van der Waals surface area (Å²) in [7, 11) is 1.39. The summed E-state index contributed by atoms with van der Waals surface area (Å²) < 4.78 is 16.6. The van der Waals surface area contributed by atoms with Crippen molar-refractivity contribution in [3.63, 3.8) is 0 Å². The van der Waals surface area contributed by atoms with Crippen LogP contribution in [0.3, 0.4) is 0 Å². The second-order valence-electron chi connectivity index (χ2n) is 18.6.